The molecule has 1 aromatic carbocycles. The number of carbonyl (C=O) groups is 1. The third kappa shape index (κ3) is 4.10. The van der Waals surface area contributed by atoms with Crippen LogP contribution in [-0.4, -0.2) is 19.2 Å². The van der Waals surface area contributed by atoms with Crippen LogP contribution >= 0.6 is 12.6 Å². The smallest absolute Gasteiger partial charge is 0.387 e. The first-order valence-corrected chi connectivity index (χ1v) is 5.79. The minimum absolute atomic E-state index is 0.0870. The molecule has 0 saturated carbocycles. The zero-order chi connectivity index (χ0) is 14.4. The zero-order valence-electron chi connectivity index (χ0n) is 10.0. The van der Waals surface area contributed by atoms with E-state index in [1.54, 1.807) is 13.0 Å². The molecule has 1 rings (SSSR count). The average molecular weight is 287 g/mol. The van der Waals surface area contributed by atoms with Crippen molar-refractivity contribution in [3.05, 3.63) is 23.3 Å². The third-order valence-corrected chi connectivity index (χ3v) is 2.70. The summed E-state index contributed by atoms with van der Waals surface area (Å²) in [5.41, 5.74) is 0.283. The fourth-order valence-corrected chi connectivity index (χ4v) is 1.74. The van der Waals surface area contributed by atoms with Gasteiger partial charge in [0.1, 0.15) is 17.4 Å². The molecule has 0 fully saturated rings. The monoisotopic (exact) mass is 287 g/mol. The lowest BCUT2D eigenvalue weighted by atomic mass is 10.1. The van der Waals surface area contributed by atoms with Gasteiger partial charge in [-0.25, -0.2) is 0 Å². The van der Waals surface area contributed by atoms with E-state index in [1.807, 2.05) is 0 Å². The Kier molecular flexibility index (Phi) is 5.57. The number of carbonyl (C=O) groups excluding carboxylic acids is 1. The number of nitrogens with zero attached hydrogens (tertiary/aromatic N) is 1. The summed E-state index contributed by atoms with van der Waals surface area (Å²) >= 11 is 4.07. The molecule has 102 valence electrons. The summed E-state index contributed by atoms with van der Waals surface area (Å²) in [7, 11) is 0. The number of hydrogen-bond donors (Lipinski definition) is 1. The lowest BCUT2D eigenvalue weighted by Crippen LogP contribution is -2.09. The van der Waals surface area contributed by atoms with Gasteiger partial charge in [-0.2, -0.15) is 14.0 Å². The lowest BCUT2D eigenvalue weighted by Gasteiger charge is -2.11. The molecule has 0 aliphatic heterocycles. The third-order valence-electron chi connectivity index (χ3n) is 2.19. The molecule has 19 heavy (non-hydrogen) atoms. The number of benzene rings is 1. The van der Waals surface area contributed by atoms with E-state index < -0.39 is 12.6 Å². The Morgan fingerprint density at radius 1 is 1.53 bits per heavy atom. The highest BCUT2D eigenvalue weighted by molar-refractivity contribution is 7.80. The van der Waals surface area contributed by atoms with Gasteiger partial charge < -0.3 is 9.47 Å². The Morgan fingerprint density at radius 2 is 2.21 bits per heavy atom. The summed E-state index contributed by atoms with van der Waals surface area (Å²) in [5, 5.41) is 8.93. The maximum atomic E-state index is 12.1. The second-order valence-electron chi connectivity index (χ2n) is 3.42. The van der Waals surface area contributed by atoms with Gasteiger partial charge in [0, 0.05) is 4.90 Å². The standard InChI is InChI=1S/C12H11F2NO3S/c1-2-17-10(16)5-7-3-4-9(18-12(13)14)8(6-15)11(7)19/h3-4,12,19H,2,5H2,1H3. The molecule has 0 aromatic heterocycles. The molecule has 0 aliphatic carbocycles. The van der Waals surface area contributed by atoms with E-state index in [-0.39, 0.29) is 29.2 Å². The highest BCUT2D eigenvalue weighted by Crippen LogP contribution is 2.29. The highest BCUT2D eigenvalue weighted by Gasteiger charge is 2.16. The molecule has 0 radical (unpaired) electrons. The predicted molar refractivity (Wildman–Crippen MR) is 65.4 cm³/mol. The number of esters is 1. The van der Waals surface area contributed by atoms with Gasteiger partial charge in [-0.3, -0.25) is 4.79 Å². The van der Waals surface area contributed by atoms with Crippen molar-refractivity contribution < 1.29 is 23.0 Å². The second kappa shape index (κ2) is 6.95. The molecule has 0 N–H and O–H groups in total. The molecule has 1 aromatic rings. The first-order chi connectivity index (χ1) is 8.99. The minimum Gasteiger partial charge on any atom is -0.466 e. The van der Waals surface area contributed by atoms with Crippen molar-refractivity contribution in [2.45, 2.75) is 24.9 Å². The summed E-state index contributed by atoms with van der Waals surface area (Å²) < 4.78 is 33.3. The van der Waals surface area contributed by atoms with E-state index in [4.69, 9.17) is 10.00 Å². The van der Waals surface area contributed by atoms with Crippen LogP contribution in [0.5, 0.6) is 5.75 Å². The van der Waals surface area contributed by atoms with Crippen molar-refractivity contribution in [3.8, 4) is 11.8 Å². The molecule has 0 unspecified atom stereocenters. The summed E-state index contributed by atoms with van der Waals surface area (Å²) in [5.74, 6) is -0.751. The summed E-state index contributed by atoms with van der Waals surface area (Å²) in [4.78, 5) is 11.5. The number of ether oxygens (including phenoxy) is 2. The number of thiol groups is 1. The van der Waals surface area contributed by atoms with Crippen molar-refractivity contribution in [1.29, 1.82) is 5.26 Å². The first-order valence-electron chi connectivity index (χ1n) is 5.35. The Morgan fingerprint density at radius 3 is 2.74 bits per heavy atom. The molecule has 7 heteroatoms. The Labute approximate surface area is 114 Å². The molecule has 0 atom stereocenters. The molecule has 4 nitrogen and oxygen atoms in total. The number of alkyl halides is 2. The van der Waals surface area contributed by atoms with Gasteiger partial charge in [-0.1, -0.05) is 6.07 Å². The maximum absolute atomic E-state index is 12.1. The van der Waals surface area contributed by atoms with E-state index >= 15 is 0 Å². The van der Waals surface area contributed by atoms with Gasteiger partial charge in [-0.05, 0) is 18.6 Å². The van der Waals surface area contributed by atoms with Crippen LogP contribution in [0.4, 0.5) is 8.78 Å². The van der Waals surface area contributed by atoms with E-state index in [0.717, 1.165) is 0 Å². The number of nitriles is 1. The molecule has 0 aliphatic rings. The molecule has 0 amide bonds. The molecule has 0 spiro atoms. The van der Waals surface area contributed by atoms with Crippen LogP contribution in [0.3, 0.4) is 0 Å². The zero-order valence-corrected chi connectivity index (χ0v) is 10.9. The van der Waals surface area contributed by atoms with Gasteiger partial charge in [0.25, 0.3) is 0 Å². The average Bonchev–Trinajstić information content (AvgIpc) is 2.33. The van der Waals surface area contributed by atoms with Gasteiger partial charge in [-0.15, -0.1) is 12.6 Å². The molecule has 0 saturated heterocycles. The topological polar surface area (TPSA) is 59.3 Å². The Balaban J connectivity index is 3.04. The van der Waals surface area contributed by atoms with Crippen molar-refractivity contribution >= 4 is 18.6 Å². The van der Waals surface area contributed by atoms with Crippen LogP contribution in [0.15, 0.2) is 17.0 Å². The molecular formula is C12H11F2NO3S. The van der Waals surface area contributed by atoms with Crippen molar-refractivity contribution in [3.63, 3.8) is 0 Å². The van der Waals surface area contributed by atoms with E-state index in [9.17, 15) is 13.6 Å². The SMILES string of the molecule is CCOC(=O)Cc1ccc(OC(F)F)c(C#N)c1S. The maximum Gasteiger partial charge on any atom is 0.387 e. The Bertz CT molecular complexity index is 514. The molecule has 0 bridgehead atoms. The van der Waals surface area contributed by atoms with Crippen LogP contribution in [-0.2, 0) is 16.0 Å². The van der Waals surface area contributed by atoms with E-state index in [2.05, 4.69) is 17.4 Å². The Hall–Kier alpha value is -1.81. The first kappa shape index (κ1) is 15.2. The molecule has 0 heterocycles. The van der Waals surface area contributed by atoms with Gasteiger partial charge in [0.15, 0.2) is 0 Å². The van der Waals surface area contributed by atoms with E-state index in [1.165, 1.54) is 12.1 Å². The fraction of sp³-hybridized carbons (Fsp3) is 0.333. The number of hydrogen-bond acceptors (Lipinski definition) is 5. The molecular weight excluding hydrogens is 276 g/mol. The van der Waals surface area contributed by atoms with Crippen molar-refractivity contribution in [1.82, 2.24) is 0 Å². The quantitative estimate of drug-likeness (QED) is 0.668. The van der Waals surface area contributed by atoms with Gasteiger partial charge in [0.2, 0.25) is 0 Å². The summed E-state index contributed by atoms with van der Waals surface area (Å²) in [6.45, 7) is -1.13. The van der Waals surface area contributed by atoms with Crippen LogP contribution in [0.25, 0.3) is 0 Å². The fourth-order valence-electron chi connectivity index (χ4n) is 1.43. The van der Waals surface area contributed by atoms with Crippen LogP contribution in [0.1, 0.15) is 18.1 Å². The van der Waals surface area contributed by atoms with Crippen LogP contribution < -0.4 is 4.74 Å². The summed E-state index contributed by atoms with van der Waals surface area (Å²) in [6, 6.07) is 4.34. The van der Waals surface area contributed by atoms with Crippen LogP contribution in [0.2, 0.25) is 0 Å². The minimum atomic E-state index is -3.03. The predicted octanol–water partition coefficient (Wildman–Crippen LogP) is 2.55. The normalized spacial score (nSPS) is 10.1. The largest absolute Gasteiger partial charge is 0.466 e. The van der Waals surface area contributed by atoms with Gasteiger partial charge in [0.05, 0.1) is 13.0 Å². The lowest BCUT2D eigenvalue weighted by molar-refractivity contribution is -0.142. The summed E-state index contributed by atoms with van der Waals surface area (Å²) in [6.07, 6.45) is -0.0870. The van der Waals surface area contributed by atoms with Crippen molar-refractivity contribution in [2.24, 2.45) is 0 Å². The number of rotatable bonds is 5. The number of halogens is 2. The van der Waals surface area contributed by atoms with E-state index in [0.29, 0.717) is 5.56 Å². The second-order valence-corrected chi connectivity index (χ2v) is 3.87. The van der Waals surface area contributed by atoms with Crippen molar-refractivity contribution in [2.75, 3.05) is 6.61 Å². The highest BCUT2D eigenvalue weighted by atomic mass is 32.1. The van der Waals surface area contributed by atoms with Gasteiger partial charge >= 0.3 is 12.6 Å². The van der Waals surface area contributed by atoms with Crippen LogP contribution in [0, 0.1) is 11.3 Å².